The van der Waals surface area contributed by atoms with Gasteiger partial charge < -0.3 is 10.1 Å². The summed E-state index contributed by atoms with van der Waals surface area (Å²) in [5.74, 6) is -0.0629. The molecule has 0 aliphatic carbocycles. The number of thiol groups is 3. The zero-order valence-electron chi connectivity index (χ0n) is 8.34. The molecule has 0 fully saturated rings. The van der Waals surface area contributed by atoms with Crippen LogP contribution in [0.2, 0.25) is 0 Å². The van der Waals surface area contributed by atoms with Gasteiger partial charge in [-0.3, -0.25) is 4.79 Å². The van der Waals surface area contributed by atoms with E-state index >= 15 is 0 Å². The van der Waals surface area contributed by atoms with Crippen molar-refractivity contribution in [3.05, 3.63) is 0 Å². The number of methoxy groups -OCH3 is 1. The van der Waals surface area contributed by atoms with Crippen molar-refractivity contribution in [1.82, 2.24) is 5.32 Å². The standard InChI is InChI=1S/C8H15NO3S3/c1-12-8(11)5(4-14)9-7(10)6(15)2-3-13/h5-6,13-15H,2-4H2,1H3,(H,9,10). The van der Waals surface area contributed by atoms with E-state index in [1.807, 2.05) is 0 Å². The third-order valence-electron chi connectivity index (χ3n) is 1.69. The van der Waals surface area contributed by atoms with E-state index in [1.54, 1.807) is 0 Å². The second kappa shape index (κ2) is 8.18. The van der Waals surface area contributed by atoms with Gasteiger partial charge in [0.05, 0.1) is 12.4 Å². The monoisotopic (exact) mass is 269 g/mol. The van der Waals surface area contributed by atoms with E-state index in [0.29, 0.717) is 12.2 Å². The van der Waals surface area contributed by atoms with Crippen LogP contribution in [0, 0.1) is 0 Å². The molecule has 0 heterocycles. The molecular formula is C8H15NO3S3. The molecule has 15 heavy (non-hydrogen) atoms. The van der Waals surface area contributed by atoms with Crippen molar-refractivity contribution >= 4 is 49.8 Å². The van der Waals surface area contributed by atoms with Gasteiger partial charge in [0.1, 0.15) is 6.04 Å². The maximum Gasteiger partial charge on any atom is 0.329 e. The van der Waals surface area contributed by atoms with Crippen molar-refractivity contribution in [1.29, 1.82) is 0 Å². The molecule has 7 heteroatoms. The van der Waals surface area contributed by atoms with Crippen LogP contribution in [0.1, 0.15) is 6.42 Å². The molecule has 2 atom stereocenters. The summed E-state index contributed by atoms with van der Waals surface area (Å²) in [5, 5.41) is 2.04. The fourth-order valence-electron chi connectivity index (χ4n) is 0.843. The Labute approximate surface area is 106 Å². The molecule has 88 valence electrons. The van der Waals surface area contributed by atoms with Crippen molar-refractivity contribution in [3.8, 4) is 0 Å². The van der Waals surface area contributed by atoms with Gasteiger partial charge in [0.25, 0.3) is 0 Å². The van der Waals surface area contributed by atoms with Gasteiger partial charge >= 0.3 is 5.97 Å². The summed E-state index contributed by atoms with van der Waals surface area (Å²) >= 11 is 12.0. The minimum absolute atomic E-state index is 0.194. The van der Waals surface area contributed by atoms with Crippen LogP contribution in [0.15, 0.2) is 0 Å². The Morgan fingerprint density at radius 1 is 1.40 bits per heavy atom. The Kier molecular flexibility index (Phi) is 8.17. The quantitative estimate of drug-likeness (QED) is 0.411. The maximum absolute atomic E-state index is 11.5. The molecule has 1 N–H and O–H groups in total. The third kappa shape index (κ3) is 5.58. The van der Waals surface area contributed by atoms with E-state index in [1.165, 1.54) is 7.11 Å². The molecule has 0 saturated carbocycles. The predicted molar refractivity (Wildman–Crippen MR) is 69.0 cm³/mol. The van der Waals surface area contributed by atoms with E-state index in [0.717, 1.165) is 0 Å². The molecular weight excluding hydrogens is 254 g/mol. The van der Waals surface area contributed by atoms with Gasteiger partial charge in [0.2, 0.25) is 5.91 Å². The summed E-state index contributed by atoms with van der Waals surface area (Å²) in [6, 6.07) is -0.722. The topological polar surface area (TPSA) is 55.4 Å². The van der Waals surface area contributed by atoms with Gasteiger partial charge in [-0.05, 0) is 12.2 Å². The first-order chi connectivity index (χ1) is 7.06. The Bertz CT molecular complexity index is 225. The van der Waals surface area contributed by atoms with Crippen LogP contribution in [0.5, 0.6) is 0 Å². The smallest absolute Gasteiger partial charge is 0.329 e. The van der Waals surface area contributed by atoms with Gasteiger partial charge in [-0.25, -0.2) is 4.79 Å². The minimum atomic E-state index is -0.722. The highest BCUT2D eigenvalue weighted by Gasteiger charge is 2.22. The third-order valence-corrected chi connectivity index (χ3v) is 2.81. The van der Waals surface area contributed by atoms with Gasteiger partial charge in [0.15, 0.2) is 0 Å². The SMILES string of the molecule is COC(=O)C(CS)NC(=O)C(S)CCS. The summed E-state index contributed by atoms with van der Waals surface area (Å²) in [5.41, 5.74) is 0. The second-order valence-corrected chi connectivity index (χ2v) is 4.23. The number of carbonyl (C=O) groups is 2. The molecule has 0 aromatic heterocycles. The largest absolute Gasteiger partial charge is 0.467 e. The van der Waals surface area contributed by atoms with Crippen molar-refractivity contribution < 1.29 is 14.3 Å². The molecule has 0 bridgehead atoms. The summed E-state index contributed by atoms with van der Waals surface area (Å²) < 4.78 is 4.50. The van der Waals surface area contributed by atoms with E-state index in [4.69, 9.17) is 0 Å². The molecule has 0 aromatic rings. The lowest BCUT2D eigenvalue weighted by Crippen LogP contribution is -2.46. The Morgan fingerprint density at radius 2 is 2.00 bits per heavy atom. The number of nitrogens with one attached hydrogen (secondary N) is 1. The van der Waals surface area contributed by atoms with E-state index in [-0.39, 0.29) is 11.7 Å². The zero-order valence-corrected chi connectivity index (χ0v) is 11.0. The molecule has 4 nitrogen and oxygen atoms in total. The van der Waals surface area contributed by atoms with Gasteiger partial charge in [0, 0.05) is 5.75 Å². The number of ether oxygens (including phenoxy) is 1. The van der Waals surface area contributed by atoms with Crippen molar-refractivity contribution in [2.24, 2.45) is 0 Å². The molecule has 1 amide bonds. The molecule has 0 spiro atoms. The first-order valence-corrected chi connectivity index (χ1v) is 6.13. The highest BCUT2D eigenvalue weighted by atomic mass is 32.1. The molecule has 0 radical (unpaired) electrons. The normalized spacial score (nSPS) is 14.1. The highest BCUT2D eigenvalue weighted by molar-refractivity contribution is 7.82. The Balaban J connectivity index is 4.17. The summed E-state index contributed by atoms with van der Waals surface area (Å²) in [4.78, 5) is 22.6. The Hall–Kier alpha value is -0.0100. The van der Waals surface area contributed by atoms with Crippen LogP contribution in [0.3, 0.4) is 0 Å². The van der Waals surface area contributed by atoms with Crippen molar-refractivity contribution in [2.45, 2.75) is 17.7 Å². The highest BCUT2D eigenvalue weighted by Crippen LogP contribution is 2.04. The second-order valence-electron chi connectivity index (χ2n) is 2.79. The predicted octanol–water partition coefficient (Wildman–Crippen LogP) is 0.192. The number of rotatable bonds is 6. The van der Waals surface area contributed by atoms with Crippen LogP contribution in [0.25, 0.3) is 0 Å². The van der Waals surface area contributed by atoms with Gasteiger partial charge in [-0.2, -0.15) is 37.9 Å². The molecule has 0 saturated heterocycles. The minimum Gasteiger partial charge on any atom is -0.467 e. The lowest BCUT2D eigenvalue weighted by atomic mass is 10.2. The molecule has 0 aliphatic heterocycles. The zero-order chi connectivity index (χ0) is 11.8. The van der Waals surface area contributed by atoms with Crippen LogP contribution in [-0.4, -0.2) is 41.8 Å². The summed E-state index contributed by atoms with van der Waals surface area (Å²) in [7, 11) is 1.26. The number of carbonyl (C=O) groups excluding carboxylic acids is 2. The molecule has 0 aliphatic rings. The Morgan fingerprint density at radius 3 is 2.40 bits per heavy atom. The first kappa shape index (κ1) is 15.0. The lowest BCUT2D eigenvalue weighted by Gasteiger charge is -2.16. The molecule has 2 unspecified atom stereocenters. The van der Waals surface area contributed by atoms with Crippen molar-refractivity contribution in [3.63, 3.8) is 0 Å². The first-order valence-electron chi connectivity index (χ1n) is 4.34. The van der Waals surface area contributed by atoms with Crippen LogP contribution in [0.4, 0.5) is 0 Å². The average Bonchev–Trinajstić information content (AvgIpc) is 2.24. The lowest BCUT2D eigenvalue weighted by molar-refractivity contribution is -0.144. The fourth-order valence-corrected chi connectivity index (χ4v) is 1.75. The molecule has 0 rings (SSSR count). The van der Waals surface area contributed by atoms with Crippen molar-refractivity contribution in [2.75, 3.05) is 18.6 Å². The molecule has 0 aromatic carbocycles. The number of esters is 1. The van der Waals surface area contributed by atoms with Crippen LogP contribution in [-0.2, 0) is 14.3 Å². The number of amides is 1. The van der Waals surface area contributed by atoms with Gasteiger partial charge in [-0.15, -0.1) is 0 Å². The summed E-state index contributed by atoms with van der Waals surface area (Å²) in [6.07, 6.45) is 0.540. The average molecular weight is 269 g/mol. The van der Waals surface area contributed by atoms with E-state index < -0.39 is 17.3 Å². The fraction of sp³-hybridized carbons (Fsp3) is 0.750. The van der Waals surface area contributed by atoms with E-state index in [2.05, 4.69) is 47.9 Å². The van der Waals surface area contributed by atoms with Gasteiger partial charge in [-0.1, -0.05) is 0 Å². The van der Waals surface area contributed by atoms with E-state index in [9.17, 15) is 9.59 Å². The maximum atomic E-state index is 11.5. The number of hydrogen-bond donors (Lipinski definition) is 4. The van der Waals surface area contributed by atoms with Crippen LogP contribution < -0.4 is 5.32 Å². The van der Waals surface area contributed by atoms with Crippen LogP contribution >= 0.6 is 37.9 Å². The summed E-state index contributed by atoms with van der Waals surface area (Å²) in [6.45, 7) is 0. The number of hydrogen-bond acceptors (Lipinski definition) is 6.